The Morgan fingerprint density at radius 3 is 2.40 bits per heavy atom. The number of unbranched alkanes of at least 4 members (excludes halogenated alkanes) is 2. The summed E-state index contributed by atoms with van der Waals surface area (Å²) in [6.45, 7) is 4.15. The van der Waals surface area contributed by atoms with E-state index < -0.39 is 0 Å². The number of ether oxygens (including phenoxy) is 1. The summed E-state index contributed by atoms with van der Waals surface area (Å²) in [5.74, 6) is 0. The molecule has 0 aromatic heterocycles. The van der Waals surface area contributed by atoms with Crippen LogP contribution in [0.25, 0.3) is 0 Å². The van der Waals surface area contributed by atoms with Crippen LogP contribution in [0.3, 0.4) is 0 Å². The summed E-state index contributed by atoms with van der Waals surface area (Å²) in [7, 11) is 0. The number of hydrogen-bond donors (Lipinski definition) is 0. The van der Waals surface area contributed by atoms with Gasteiger partial charge in [-0.3, -0.25) is 0 Å². The van der Waals surface area contributed by atoms with Gasteiger partial charge in [-0.2, -0.15) is 0 Å². The van der Waals surface area contributed by atoms with Crippen molar-refractivity contribution in [2.24, 2.45) is 0 Å². The molecular formula is C8H18OSn. The van der Waals surface area contributed by atoms with E-state index in [1.807, 2.05) is 0 Å². The van der Waals surface area contributed by atoms with E-state index >= 15 is 0 Å². The van der Waals surface area contributed by atoms with Crippen molar-refractivity contribution in [1.82, 2.24) is 0 Å². The molecule has 60 valence electrons. The Balaban J connectivity index is 2.65. The van der Waals surface area contributed by atoms with Gasteiger partial charge in [0.15, 0.2) is 0 Å². The normalized spacial score (nSPS) is 10.2. The quantitative estimate of drug-likeness (QED) is 0.494. The molecule has 0 aliphatic rings. The van der Waals surface area contributed by atoms with Gasteiger partial charge in [-0.1, -0.05) is 0 Å². The molecule has 0 aliphatic heterocycles. The fourth-order valence-electron chi connectivity index (χ4n) is 0.697. The minimum atomic E-state index is 0.969. The Kier molecular flexibility index (Phi) is 10.5. The predicted octanol–water partition coefficient (Wildman–Crippen LogP) is 1.90. The van der Waals surface area contributed by atoms with Crippen LogP contribution in [0.5, 0.6) is 0 Å². The van der Waals surface area contributed by atoms with Gasteiger partial charge in [0.1, 0.15) is 0 Å². The standard InChI is InChI=1S/C8H17O.Sn.H/c1-3-5-7-9-8-6-4-2;;/h1,3-8H2,2H3;;. The van der Waals surface area contributed by atoms with Gasteiger partial charge in [-0.05, 0) is 0 Å². The van der Waals surface area contributed by atoms with E-state index in [2.05, 4.69) is 6.92 Å². The monoisotopic (exact) mass is 250 g/mol. The van der Waals surface area contributed by atoms with Gasteiger partial charge in [0.25, 0.3) is 0 Å². The Hall–Kier alpha value is 0.759. The van der Waals surface area contributed by atoms with E-state index in [0.717, 1.165) is 13.2 Å². The molecule has 0 heterocycles. The maximum absolute atomic E-state index is 5.39. The molecule has 0 aliphatic carbocycles. The third-order valence-corrected chi connectivity index (χ3v) is 2.55. The van der Waals surface area contributed by atoms with E-state index in [4.69, 9.17) is 4.74 Å². The molecule has 0 rings (SSSR count). The predicted molar refractivity (Wildman–Crippen MR) is 46.9 cm³/mol. The summed E-state index contributed by atoms with van der Waals surface area (Å²) in [6.07, 6.45) is 5.11. The Morgan fingerprint density at radius 2 is 1.80 bits per heavy atom. The van der Waals surface area contributed by atoms with Gasteiger partial charge in [-0.15, -0.1) is 0 Å². The molecule has 1 nitrogen and oxygen atoms in total. The van der Waals surface area contributed by atoms with Crippen molar-refractivity contribution in [3.8, 4) is 0 Å². The van der Waals surface area contributed by atoms with Crippen LogP contribution < -0.4 is 0 Å². The molecule has 10 heavy (non-hydrogen) atoms. The molecule has 0 spiro atoms. The molecule has 0 bridgehead atoms. The molecule has 0 aromatic carbocycles. The van der Waals surface area contributed by atoms with Crippen molar-refractivity contribution in [1.29, 1.82) is 0 Å². The van der Waals surface area contributed by atoms with Crippen molar-refractivity contribution >= 4 is 22.5 Å². The van der Waals surface area contributed by atoms with E-state index in [-0.39, 0.29) is 0 Å². The second-order valence-corrected chi connectivity index (χ2v) is 4.11. The van der Waals surface area contributed by atoms with E-state index in [9.17, 15) is 0 Å². The molecule has 0 saturated heterocycles. The van der Waals surface area contributed by atoms with Crippen LogP contribution in [-0.2, 0) is 4.74 Å². The fourth-order valence-corrected chi connectivity index (χ4v) is 1.52. The molecule has 0 aromatic rings. The summed E-state index contributed by atoms with van der Waals surface area (Å²) < 4.78 is 6.81. The average Bonchev–Trinajstić information content (AvgIpc) is 1.97. The fraction of sp³-hybridized carbons (Fsp3) is 1.00. The van der Waals surface area contributed by atoms with E-state index in [1.165, 1.54) is 52.6 Å². The van der Waals surface area contributed by atoms with Crippen LogP contribution in [0.4, 0.5) is 0 Å². The first-order valence-electron chi connectivity index (χ1n) is 4.19. The topological polar surface area (TPSA) is 9.23 Å². The van der Waals surface area contributed by atoms with Crippen molar-refractivity contribution < 1.29 is 4.74 Å². The molecule has 0 atom stereocenters. The van der Waals surface area contributed by atoms with Crippen LogP contribution in [0.1, 0.15) is 32.6 Å². The van der Waals surface area contributed by atoms with Crippen LogP contribution in [0, 0.1) is 0 Å². The van der Waals surface area contributed by atoms with Crippen molar-refractivity contribution in [2.45, 2.75) is 37.0 Å². The second kappa shape index (κ2) is 9.76. The van der Waals surface area contributed by atoms with Crippen LogP contribution in [0.15, 0.2) is 0 Å². The van der Waals surface area contributed by atoms with Gasteiger partial charge >= 0.3 is 77.5 Å². The number of hydrogen-bond acceptors (Lipinski definition) is 1. The first-order valence-corrected chi connectivity index (χ1v) is 6.52. The number of rotatable bonds is 7. The Labute approximate surface area is 77.6 Å². The summed E-state index contributed by atoms with van der Waals surface area (Å²) in [5, 5.41) is 0. The first kappa shape index (κ1) is 10.8. The maximum atomic E-state index is 5.39. The van der Waals surface area contributed by atoms with Crippen LogP contribution >= 0.6 is 0 Å². The van der Waals surface area contributed by atoms with Gasteiger partial charge in [-0.25, -0.2) is 0 Å². The van der Waals surface area contributed by atoms with Crippen molar-refractivity contribution in [2.75, 3.05) is 13.2 Å². The zero-order valence-electron chi connectivity index (χ0n) is 6.94. The van der Waals surface area contributed by atoms with Gasteiger partial charge in [0.2, 0.25) is 0 Å². The molecule has 0 fully saturated rings. The SMILES string of the molecule is CCCCOCCC[CH2][SnH]. The summed E-state index contributed by atoms with van der Waals surface area (Å²) in [5.41, 5.74) is 0. The zero-order chi connectivity index (χ0) is 7.66. The summed E-state index contributed by atoms with van der Waals surface area (Å²) in [4.78, 5) is 0. The first-order chi connectivity index (χ1) is 4.91. The van der Waals surface area contributed by atoms with Crippen molar-refractivity contribution in [3.63, 3.8) is 0 Å². The second-order valence-electron chi connectivity index (χ2n) is 2.46. The molecule has 0 unspecified atom stereocenters. The third kappa shape index (κ3) is 8.76. The Bertz CT molecular complexity index is 49.2. The minimum absolute atomic E-state index is 0.969. The van der Waals surface area contributed by atoms with Gasteiger partial charge < -0.3 is 0 Å². The third-order valence-electron chi connectivity index (χ3n) is 1.39. The van der Waals surface area contributed by atoms with Crippen LogP contribution in [0.2, 0.25) is 4.44 Å². The molecule has 0 amide bonds. The van der Waals surface area contributed by atoms with Crippen LogP contribution in [-0.4, -0.2) is 35.7 Å². The average molecular weight is 249 g/mol. The zero-order valence-corrected chi connectivity index (χ0v) is 10.2. The van der Waals surface area contributed by atoms with Gasteiger partial charge in [0.05, 0.1) is 0 Å². The molecule has 2 heteroatoms. The van der Waals surface area contributed by atoms with E-state index in [0.29, 0.717) is 0 Å². The molecular weight excluding hydrogens is 231 g/mol. The molecule has 0 saturated carbocycles. The Morgan fingerprint density at radius 1 is 1.10 bits per heavy atom. The molecule has 0 N–H and O–H groups in total. The van der Waals surface area contributed by atoms with Crippen molar-refractivity contribution in [3.05, 3.63) is 0 Å². The summed E-state index contributed by atoms with van der Waals surface area (Å²) >= 11 is 1.41. The summed E-state index contributed by atoms with van der Waals surface area (Å²) in [6, 6.07) is 0. The molecule has 2 radical (unpaired) electrons. The van der Waals surface area contributed by atoms with E-state index in [1.54, 1.807) is 0 Å². The van der Waals surface area contributed by atoms with Gasteiger partial charge in [0, 0.05) is 0 Å².